The van der Waals surface area contributed by atoms with E-state index in [2.05, 4.69) is 4.98 Å². The quantitative estimate of drug-likeness (QED) is 0.653. The first-order chi connectivity index (χ1) is 8.76. The average molecular weight is 258 g/mol. The van der Waals surface area contributed by atoms with Crippen LogP contribution >= 0.6 is 11.6 Å². The maximum absolute atomic E-state index is 10.7. The lowest BCUT2D eigenvalue weighted by molar-refractivity contribution is 0.112. The Morgan fingerprint density at radius 1 is 1.17 bits per heavy atom. The van der Waals surface area contributed by atoms with Crippen molar-refractivity contribution in [3.8, 4) is 11.5 Å². The number of carbonyl (C=O) groups excluding carboxylic acids is 1. The zero-order chi connectivity index (χ0) is 12.5. The molecule has 0 atom stereocenters. The van der Waals surface area contributed by atoms with E-state index < -0.39 is 0 Å². The van der Waals surface area contributed by atoms with Crippen molar-refractivity contribution in [3.05, 3.63) is 53.1 Å². The number of rotatable bonds is 2. The molecule has 0 unspecified atom stereocenters. The Kier molecular flexibility index (Phi) is 2.61. The van der Waals surface area contributed by atoms with Gasteiger partial charge in [0.2, 0.25) is 5.89 Å². The van der Waals surface area contributed by atoms with Crippen molar-refractivity contribution in [2.24, 2.45) is 0 Å². The molecule has 0 saturated carbocycles. The first-order valence-corrected chi connectivity index (χ1v) is 5.76. The van der Waals surface area contributed by atoms with E-state index in [-0.39, 0.29) is 0 Å². The smallest absolute Gasteiger partial charge is 0.227 e. The predicted octanol–water partition coefficient (Wildman–Crippen LogP) is 3.96. The lowest BCUT2D eigenvalue weighted by Crippen LogP contribution is -1.78. The average Bonchev–Trinajstić information content (AvgIpc) is 2.81. The number of hydrogen-bond donors (Lipinski definition) is 0. The highest BCUT2D eigenvalue weighted by atomic mass is 35.5. The first kappa shape index (κ1) is 11.0. The van der Waals surface area contributed by atoms with Crippen LogP contribution in [-0.2, 0) is 0 Å². The molecule has 0 spiro atoms. The number of carbonyl (C=O) groups is 1. The Morgan fingerprint density at radius 3 is 2.83 bits per heavy atom. The van der Waals surface area contributed by atoms with Gasteiger partial charge < -0.3 is 4.42 Å². The molecule has 0 aliphatic heterocycles. The third-order valence-electron chi connectivity index (χ3n) is 2.62. The number of benzene rings is 2. The summed E-state index contributed by atoms with van der Waals surface area (Å²) in [6.07, 6.45) is 0.785. The second-order valence-corrected chi connectivity index (χ2v) is 4.31. The van der Waals surface area contributed by atoms with E-state index in [1.54, 1.807) is 30.3 Å². The van der Waals surface area contributed by atoms with E-state index in [4.69, 9.17) is 16.0 Å². The largest absolute Gasteiger partial charge is 0.436 e. The molecule has 0 aliphatic carbocycles. The molecule has 3 aromatic rings. The molecule has 3 rings (SSSR count). The van der Waals surface area contributed by atoms with E-state index in [0.29, 0.717) is 27.6 Å². The molecular formula is C14H8ClNO2. The Hall–Kier alpha value is -2.13. The predicted molar refractivity (Wildman–Crippen MR) is 69.8 cm³/mol. The molecule has 0 amide bonds. The third-order valence-corrected chi connectivity index (χ3v) is 2.85. The maximum atomic E-state index is 10.7. The summed E-state index contributed by atoms with van der Waals surface area (Å²) in [5, 5.41) is 0.628. The molecule has 0 aliphatic rings. The summed E-state index contributed by atoms with van der Waals surface area (Å²) in [5.74, 6) is 0.496. The summed E-state index contributed by atoms with van der Waals surface area (Å²) in [6, 6.07) is 12.4. The lowest BCUT2D eigenvalue weighted by Gasteiger charge is -1.94. The molecule has 4 heteroatoms. The number of halogens is 1. The fraction of sp³-hybridized carbons (Fsp3) is 0. The number of nitrogens with zero attached hydrogens (tertiary/aromatic N) is 1. The zero-order valence-corrected chi connectivity index (χ0v) is 10.0. The van der Waals surface area contributed by atoms with Crippen molar-refractivity contribution in [3.63, 3.8) is 0 Å². The summed E-state index contributed by atoms with van der Waals surface area (Å²) in [7, 11) is 0. The molecule has 1 heterocycles. The molecule has 18 heavy (non-hydrogen) atoms. The van der Waals surface area contributed by atoms with Gasteiger partial charge in [0.15, 0.2) is 5.58 Å². The summed E-state index contributed by atoms with van der Waals surface area (Å²) < 4.78 is 5.62. The molecule has 0 fully saturated rings. The van der Waals surface area contributed by atoms with Crippen LogP contribution in [0, 0.1) is 0 Å². The highest BCUT2D eigenvalue weighted by Gasteiger charge is 2.08. The topological polar surface area (TPSA) is 43.1 Å². The van der Waals surface area contributed by atoms with Gasteiger partial charge in [-0.1, -0.05) is 17.7 Å². The summed E-state index contributed by atoms with van der Waals surface area (Å²) >= 11 is 5.93. The van der Waals surface area contributed by atoms with Crippen LogP contribution in [0.1, 0.15) is 10.4 Å². The summed E-state index contributed by atoms with van der Waals surface area (Å²) in [6.45, 7) is 0. The van der Waals surface area contributed by atoms with Crippen molar-refractivity contribution in [1.29, 1.82) is 0 Å². The van der Waals surface area contributed by atoms with Gasteiger partial charge in [0.25, 0.3) is 0 Å². The standard InChI is InChI=1S/C14H8ClNO2/c15-11-3-1-2-10(7-11)14-16-12-6-9(8-17)4-5-13(12)18-14/h1-8H. The molecule has 0 N–H and O–H groups in total. The van der Waals surface area contributed by atoms with Gasteiger partial charge >= 0.3 is 0 Å². The monoisotopic (exact) mass is 257 g/mol. The minimum absolute atomic E-state index is 0.496. The third kappa shape index (κ3) is 1.89. The van der Waals surface area contributed by atoms with Gasteiger partial charge in [-0.2, -0.15) is 0 Å². The van der Waals surface area contributed by atoms with Crippen LogP contribution in [0.2, 0.25) is 5.02 Å². The molecule has 1 aromatic heterocycles. The number of oxazole rings is 1. The SMILES string of the molecule is O=Cc1ccc2oc(-c3cccc(Cl)c3)nc2c1. The van der Waals surface area contributed by atoms with E-state index in [1.165, 1.54) is 0 Å². The van der Waals surface area contributed by atoms with Crippen LogP contribution < -0.4 is 0 Å². The van der Waals surface area contributed by atoms with E-state index in [1.807, 2.05) is 12.1 Å². The Labute approximate surface area is 108 Å². The molecule has 0 bridgehead atoms. The fourth-order valence-corrected chi connectivity index (χ4v) is 1.95. The number of aldehydes is 1. The normalized spacial score (nSPS) is 10.7. The van der Waals surface area contributed by atoms with Crippen LogP contribution in [0.5, 0.6) is 0 Å². The number of aromatic nitrogens is 1. The fourth-order valence-electron chi connectivity index (χ4n) is 1.76. The van der Waals surface area contributed by atoms with Crippen LogP contribution in [0.3, 0.4) is 0 Å². The summed E-state index contributed by atoms with van der Waals surface area (Å²) in [4.78, 5) is 15.0. The van der Waals surface area contributed by atoms with Gasteiger partial charge in [0.1, 0.15) is 11.8 Å². The molecular weight excluding hydrogens is 250 g/mol. The van der Waals surface area contributed by atoms with Gasteiger partial charge in [-0.25, -0.2) is 4.98 Å². The van der Waals surface area contributed by atoms with Crippen LogP contribution in [0.15, 0.2) is 46.9 Å². The van der Waals surface area contributed by atoms with Gasteiger partial charge in [0.05, 0.1) is 0 Å². The Balaban J connectivity index is 2.16. The van der Waals surface area contributed by atoms with Crippen LogP contribution in [0.4, 0.5) is 0 Å². The Morgan fingerprint density at radius 2 is 2.06 bits per heavy atom. The highest BCUT2D eigenvalue weighted by molar-refractivity contribution is 6.30. The van der Waals surface area contributed by atoms with E-state index in [9.17, 15) is 4.79 Å². The van der Waals surface area contributed by atoms with Gasteiger partial charge in [-0.15, -0.1) is 0 Å². The molecule has 0 radical (unpaired) electrons. The second kappa shape index (κ2) is 4.27. The molecule has 2 aromatic carbocycles. The van der Waals surface area contributed by atoms with Crippen LogP contribution in [0.25, 0.3) is 22.6 Å². The summed E-state index contributed by atoms with van der Waals surface area (Å²) in [5.41, 5.74) is 2.70. The van der Waals surface area contributed by atoms with Gasteiger partial charge in [-0.05, 0) is 36.4 Å². The number of hydrogen-bond acceptors (Lipinski definition) is 3. The minimum atomic E-state index is 0.496. The van der Waals surface area contributed by atoms with E-state index >= 15 is 0 Å². The molecule has 0 saturated heterocycles. The number of fused-ring (bicyclic) bond motifs is 1. The van der Waals surface area contributed by atoms with Crippen molar-refractivity contribution in [2.75, 3.05) is 0 Å². The first-order valence-electron chi connectivity index (χ1n) is 5.38. The Bertz CT molecular complexity index is 733. The maximum Gasteiger partial charge on any atom is 0.227 e. The highest BCUT2D eigenvalue weighted by Crippen LogP contribution is 2.26. The van der Waals surface area contributed by atoms with Gasteiger partial charge in [0, 0.05) is 16.1 Å². The molecule has 3 nitrogen and oxygen atoms in total. The molecule has 88 valence electrons. The minimum Gasteiger partial charge on any atom is -0.436 e. The lowest BCUT2D eigenvalue weighted by atomic mass is 10.2. The van der Waals surface area contributed by atoms with Gasteiger partial charge in [-0.3, -0.25) is 4.79 Å². The van der Waals surface area contributed by atoms with Crippen molar-refractivity contribution >= 4 is 29.0 Å². The zero-order valence-electron chi connectivity index (χ0n) is 9.26. The van der Waals surface area contributed by atoms with Crippen LogP contribution in [-0.4, -0.2) is 11.3 Å². The van der Waals surface area contributed by atoms with Crippen molar-refractivity contribution in [2.45, 2.75) is 0 Å². The van der Waals surface area contributed by atoms with Crippen molar-refractivity contribution < 1.29 is 9.21 Å². The second-order valence-electron chi connectivity index (χ2n) is 3.87. The van der Waals surface area contributed by atoms with E-state index in [0.717, 1.165) is 11.8 Å². The van der Waals surface area contributed by atoms with Crippen molar-refractivity contribution in [1.82, 2.24) is 4.98 Å².